The van der Waals surface area contributed by atoms with Gasteiger partial charge < -0.3 is 19.6 Å². The summed E-state index contributed by atoms with van der Waals surface area (Å²) in [6, 6.07) is 18.2. The molecule has 1 fully saturated rings. The molecule has 2 heterocycles. The number of halogens is 2. The Hall–Kier alpha value is -2.99. The summed E-state index contributed by atoms with van der Waals surface area (Å²) in [5.41, 5.74) is 2.49. The first kappa shape index (κ1) is 23.7. The van der Waals surface area contributed by atoms with Crippen molar-refractivity contribution in [3.63, 3.8) is 0 Å². The van der Waals surface area contributed by atoms with Crippen LogP contribution in [-0.4, -0.2) is 24.3 Å². The fourth-order valence-corrected chi connectivity index (χ4v) is 5.13. The van der Waals surface area contributed by atoms with Gasteiger partial charge in [-0.2, -0.15) is 0 Å². The second-order valence-electron chi connectivity index (χ2n) is 8.80. The van der Waals surface area contributed by atoms with Gasteiger partial charge in [0.15, 0.2) is 0 Å². The number of aromatic hydroxyl groups is 1. The first-order valence-electron chi connectivity index (χ1n) is 11.7. The van der Waals surface area contributed by atoms with E-state index in [2.05, 4.69) is 5.32 Å². The highest BCUT2D eigenvalue weighted by molar-refractivity contribution is 6.36. The molecule has 5 nitrogen and oxygen atoms in total. The minimum Gasteiger partial charge on any atom is -0.508 e. The van der Waals surface area contributed by atoms with Crippen molar-refractivity contribution in [1.82, 2.24) is 5.32 Å². The molecule has 180 valence electrons. The molecular formula is C28H25Cl2NO4. The van der Waals surface area contributed by atoms with Gasteiger partial charge in [-0.3, -0.25) is 0 Å². The Kier molecular flexibility index (Phi) is 7.00. The van der Waals surface area contributed by atoms with E-state index in [1.54, 1.807) is 30.3 Å². The Balaban J connectivity index is 1.47. The van der Waals surface area contributed by atoms with Crippen molar-refractivity contribution in [1.29, 1.82) is 0 Å². The van der Waals surface area contributed by atoms with E-state index in [9.17, 15) is 9.90 Å². The van der Waals surface area contributed by atoms with E-state index < -0.39 is 5.63 Å². The highest BCUT2D eigenvalue weighted by Gasteiger charge is 2.20. The number of rotatable bonds is 7. The predicted octanol–water partition coefficient (Wildman–Crippen LogP) is 6.58. The van der Waals surface area contributed by atoms with Gasteiger partial charge in [0.05, 0.1) is 17.2 Å². The number of phenols is 1. The second kappa shape index (κ2) is 10.3. The molecule has 5 rings (SSSR count). The van der Waals surface area contributed by atoms with Crippen LogP contribution in [0.3, 0.4) is 0 Å². The number of ether oxygens (including phenoxy) is 1. The molecule has 0 bridgehead atoms. The zero-order valence-corrected chi connectivity index (χ0v) is 20.5. The Labute approximate surface area is 213 Å². The molecule has 0 spiro atoms. The molecule has 35 heavy (non-hydrogen) atoms. The van der Waals surface area contributed by atoms with Crippen LogP contribution in [0, 0.1) is 0 Å². The number of benzene rings is 3. The van der Waals surface area contributed by atoms with E-state index in [4.69, 9.17) is 32.4 Å². The van der Waals surface area contributed by atoms with Crippen LogP contribution in [-0.2, 0) is 6.42 Å². The summed E-state index contributed by atoms with van der Waals surface area (Å²) in [7, 11) is 0. The highest BCUT2D eigenvalue weighted by atomic mass is 35.5. The quantitative estimate of drug-likeness (QED) is 0.275. The molecule has 1 aliphatic rings. The van der Waals surface area contributed by atoms with E-state index >= 15 is 0 Å². The largest absolute Gasteiger partial charge is 0.508 e. The summed E-state index contributed by atoms with van der Waals surface area (Å²) in [6.07, 6.45) is 3.90. The van der Waals surface area contributed by atoms with Crippen molar-refractivity contribution >= 4 is 34.2 Å². The number of nitrogens with one attached hydrogen (secondary N) is 1. The third-order valence-corrected chi connectivity index (χ3v) is 6.95. The van der Waals surface area contributed by atoms with E-state index in [0.717, 1.165) is 35.2 Å². The second-order valence-corrected chi connectivity index (χ2v) is 9.64. The monoisotopic (exact) mass is 509 g/mol. The average Bonchev–Trinajstić information content (AvgIpc) is 3.34. The van der Waals surface area contributed by atoms with Crippen LogP contribution in [0.25, 0.3) is 22.1 Å². The first-order chi connectivity index (χ1) is 17.0. The zero-order chi connectivity index (χ0) is 24.4. The maximum Gasteiger partial charge on any atom is 0.344 e. The molecule has 1 aliphatic heterocycles. The van der Waals surface area contributed by atoms with Crippen molar-refractivity contribution < 1.29 is 14.3 Å². The number of hydrogen-bond acceptors (Lipinski definition) is 5. The number of fused-ring (bicyclic) bond motifs is 1. The zero-order valence-electron chi connectivity index (χ0n) is 19.0. The Morgan fingerprint density at radius 3 is 2.63 bits per heavy atom. The average molecular weight is 510 g/mol. The van der Waals surface area contributed by atoms with Crippen LogP contribution in [0.1, 0.15) is 30.4 Å². The van der Waals surface area contributed by atoms with Crippen LogP contribution in [0.5, 0.6) is 11.5 Å². The molecule has 1 aromatic heterocycles. The van der Waals surface area contributed by atoms with Gasteiger partial charge in [-0.1, -0.05) is 41.4 Å². The fourth-order valence-electron chi connectivity index (χ4n) is 4.63. The molecule has 7 heteroatoms. The molecule has 4 aromatic rings. The van der Waals surface area contributed by atoms with Crippen molar-refractivity contribution in [2.75, 3.05) is 13.2 Å². The molecule has 0 aliphatic carbocycles. The number of phenolic OH excluding ortho intramolecular Hbond substituents is 1. The molecule has 1 unspecified atom stereocenters. The minimum atomic E-state index is -0.525. The first-order valence-corrected chi connectivity index (χ1v) is 12.4. The van der Waals surface area contributed by atoms with Crippen molar-refractivity contribution in [3.05, 3.63) is 92.3 Å². The maximum atomic E-state index is 13.1. The summed E-state index contributed by atoms with van der Waals surface area (Å²) in [6.45, 7) is 1.76. The maximum absolute atomic E-state index is 13.1. The third kappa shape index (κ3) is 5.32. The summed E-state index contributed by atoms with van der Waals surface area (Å²) in [4.78, 5) is 13.1. The minimum absolute atomic E-state index is 0.0261. The smallest absolute Gasteiger partial charge is 0.344 e. The third-order valence-electron chi connectivity index (χ3n) is 6.40. The summed E-state index contributed by atoms with van der Waals surface area (Å²) in [5, 5.41) is 15.0. The van der Waals surface area contributed by atoms with E-state index in [-0.39, 0.29) is 5.75 Å². The van der Waals surface area contributed by atoms with Gasteiger partial charge in [-0.05, 0) is 79.8 Å². The fraction of sp³-hybridized carbons (Fsp3) is 0.250. The highest BCUT2D eigenvalue weighted by Crippen LogP contribution is 2.35. The van der Waals surface area contributed by atoms with Gasteiger partial charge in [0.1, 0.15) is 17.1 Å². The van der Waals surface area contributed by atoms with Crippen LogP contribution < -0.4 is 15.7 Å². The van der Waals surface area contributed by atoms with E-state index in [1.165, 1.54) is 18.9 Å². The van der Waals surface area contributed by atoms with Gasteiger partial charge in [0.25, 0.3) is 0 Å². The van der Waals surface area contributed by atoms with Crippen LogP contribution >= 0.6 is 23.2 Å². The Morgan fingerprint density at radius 1 is 1.06 bits per heavy atom. The Morgan fingerprint density at radius 2 is 1.89 bits per heavy atom. The van der Waals surface area contributed by atoms with Crippen LogP contribution in [0.2, 0.25) is 10.0 Å². The van der Waals surface area contributed by atoms with Gasteiger partial charge >= 0.3 is 5.63 Å². The molecule has 1 atom stereocenters. The molecule has 0 radical (unpaired) electrons. The number of hydrogen-bond donors (Lipinski definition) is 2. The lowest BCUT2D eigenvalue weighted by atomic mass is 9.93. The van der Waals surface area contributed by atoms with Gasteiger partial charge in [-0.25, -0.2) is 4.79 Å². The summed E-state index contributed by atoms with van der Waals surface area (Å²) < 4.78 is 11.5. The van der Waals surface area contributed by atoms with Crippen molar-refractivity contribution in [2.24, 2.45) is 0 Å². The van der Waals surface area contributed by atoms with Crippen LogP contribution in [0.15, 0.2) is 69.9 Å². The van der Waals surface area contributed by atoms with Gasteiger partial charge in [0.2, 0.25) is 0 Å². The molecule has 0 amide bonds. The molecular weight excluding hydrogens is 485 g/mol. The lowest BCUT2D eigenvalue weighted by Gasteiger charge is -2.14. The normalized spacial score (nSPS) is 15.5. The van der Waals surface area contributed by atoms with E-state index in [0.29, 0.717) is 45.8 Å². The SMILES string of the molecule is O=c1oc2cc(O)ccc2c(Cc2ccc(OCCC3CCCN3)cc2)c1-c1ccc(Cl)cc1Cl. The van der Waals surface area contributed by atoms with E-state index in [1.807, 2.05) is 24.3 Å². The van der Waals surface area contributed by atoms with Crippen LogP contribution in [0.4, 0.5) is 0 Å². The molecule has 0 saturated carbocycles. The standard InChI is InChI=1S/C28H25Cl2NO4/c29-18-5-9-23(25(30)15-18)27-24(22-10-6-20(32)16-26(22)35-28(27)33)14-17-3-7-21(8-4-17)34-13-11-19-2-1-12-31-19/h3-10,15-16,19,31-32H,1-2,11-14H2. The molecule has 3 aromatic carbocycles. The topological polar surface area (TPSA) is 71.7 Å². The Bertz CT molecular complexity index is 1410. The molecule has 2 N–H and O–H groups in total. The molecule has 1 saturated heterocycles. The van der Waals surface area contributed by atoms with Gasteiger partial charge in [-0.15, -0.1) is 0 Å². The lowest BCUT2D eigenvalue weighted by molar-refractivity contribution is 0.292. The summed E-state index contributed by atoms with van der Waals surface area (Å²) >= 11 is 12.6. The van der Waals surface area contributed by atoms with Gasteiger partial charge in [0, 0.05) is 28.1 Å². The lowest BCUT2D eigenvalue weighted by Crippen LogP contribution is -2.23. The van der Waals surface area contributed by atoms with Crippen molar-refractivity contribution in [3.8, 4) is 22.6 Å². The summed E-state index contributed by atoms with van der Waals surface area (Å²) in [5.74, 6) is 0.841. The predicted molar refractivity (Wildman–Crippen MR) is 140 cm³/mol. The van der Waals surface area contributed by atoms with Crippen molar-refractivity contribution in [2.45, 2.75) is 31.7 Å².